The summed E-state index contributed by atoms with van der Waals surface area (Å²) in [7, 11) is 0. The van der Waals surface area contributed by atoms with Crippen LogP contribution in [-0.2, 0) is 0 Å². The summed E-state index contributed by atoms with van der Waals surface area (Å²) in [5, 5.41) is 10.5. The highest BCUT2D eigenvalue weighted by molar-refractivity contribution is 7.12. The minimum absolute atomic E-state index is 0.0287. The van der Waals surface area contributed by atoms with Crippen LogP contribution in [0.25, 0.3) is 11.1 Å². The van der Waals surface area contributed by atoms with Gasteiger partial charge in [-0.1, -0.05) is 29.3 Å². The van der Waals surface area contributed by atoms with Crippen LogP contribution >= 0.6 is 34.5 Å². The maximum absolute atomic E-state index is 7.49. The summed E-state index contributed by atoms with van der Waals surface area (Å²) in [6.07, 6.45) is 0. The van der Waals surface area contributed by atoms with Crippen molar-refractivity contribution in [3.63, 3.8) is 0 Å². The minimum Gasteiger partial charge on any atom is -0.383 e. The lowest BCUT2D eigenvalue weighted by atomic mass is 10.1. The van der Waals surface area contributed by atoms with E-state index in [2.05, 4.69) is 0 Å². The number of nitrogen functional groups attached to an aromatic ring is 1. The summed E-state index contributed by atoms with van der Waals surface area (Å²) in [6, 6.07) is 7.19. The van der Waals surface area contributed by atoms with Gasteiger partial charge in [0.25, 0.3) is 0 Å². The van der Waals surface area contributed by atoms with Crippen LogP contribution in [0.4, 0.5) is 0 Å². The maximum Gasteiger partial charge on any atom is 0.133 e. The molecule has 0 saturated heterocycles. The number of amidine groups is 1. The first-order chi connectivity index (χ1) is 7.61. The first kappa shape index (κ1) is 11.5. The van der Waals surface area contributed by atoms with E-state index in [4.69, 9.17) is 34.3 Å². The Morgan fingerprint density at radius 1 is 1.19 bits per heavy atom. The fourth-order valence-electron chi connectivity index (χ4n) is 1.47. The van der Waals surface area contributed by atoms with Gasteiger partial charge in [-0.05, 0) is 23.6 Å². The van der Waals surface area contributed by atoms with Crippen LogP contribution in [0.1, 0.15) is 4.88 Å². The quantitative estimate of drug-likeness (QED) is 0.629. The third kappa shape index (κ3) is 1.94. The van der Waals surface area contributed by atoms with Crippen LogP contribution in [0, 0.1) is 5.41 Å². The Morgan fingerprint density at radius 2 is 1.81 bits per heavy atom. The molecule has 0 spiro atoms. The highest BCUT2D eigenvalue weighted by Gasteiger charge is 2.14. The number of nitrogens with one attached hydrogen (secondary N) is 1. The first-order valence-corrected chi connectivity index (χ1v) is 6.11. The number of nitrogens with two attached hydrogens (primary N) is 1. The van der Waals surface area contributed by atoms with Gasteiger partial charge >= 0.3 is 0 Å². The van der Waals surface area contributed by atoms with E-state index in [1.807, 2.05) is 11.4 Å². The topological polar surface area (TPSA) is 49.9 Å². The van der Waals surface area contributed by atoms with Crippen molar-refractivity contribution in [2.24, 2.45) is 5.73 Å². The van der Waals surface area contributed by atoms with E-state index < -0.39 is 0 Å². The zero-order valence-corrected chi connectivity index (χ0v) is 10.5. The average Bonchev–Trinajstić information content (AvgIpc) is 2.66. The molecule has 1 aromatic heterocycles. The van der Waals surface area contributed by atoms with Crippen molar-refractivity contribution >= 4 is 40.4 Å². The molecule has 0 aliphatic heterocycles. The third-order valence-electron chi connectivity index (χ3n) is 2.14. The largest absolute Gasteiger partial charge is 0.383 e. The van der Waals surface area contributed by atoms with Crippen LogP contribution in [0.3, 0.4) is 0 Å². The van der Waals surface area contributed by atoms with E-state index in [9.17, 15) is 0 Å². The van der Waals surface area contributed by atoms with Gasteiger partial charge in [-0.2, -0.15) is 0 Å². The lowest BCUT2D eigenvalue weighted by Crippen LogP contribution is -2.10. The molecule has 0 saturated carbocycles. The maximum atomic E-state index is 7.49. The lowest BCUT2D eigenvalue weighted by Gasteiger charge is -2.07. The zero-order valence-electron chi connectivity index (χ0n) is 8.13. The molecular weight excluding hydrogens is 263 g/mol. The summed E-state index contributed by atoms with van der Waals surface area (Å²) in [6.45, 7) is 0. The summed E-state index contributed by atoms with van der Waals surface area (Å²) in [5.41, 5.74) is 7.05. The summed E-state index contributed by atoms with van der Waals surface area (Å²) in [5.74, 6) is 0.0287. The molecule has 0 unspecified atom stereocenters. The van der Waals surface area contributed by atoms with Crippen molar-refractivity contribution in [3.8, 4) is 11.1 Å². The van der Waals surface area contributed by atoms with Crippen LogP contribution in [0.2, 0.25) is 10.0 Å². The van der Waals surface area contributed by atoms with Crippen LogP contribution < -0.4 is 5.73 Å². The van der Waals surface area contributed by atoms with Crippen molar-refractivity contribution in [3.05, 3.63) is 44.6 Å². The van der Waals surface area contributed by atoms with E-state index in [-0.39, 0.29) is 5.84 Å². The van der Waals surface area contributed by atoms with Gasteiger partial charge in [0.1, 0.15) is 5.84 Å². The zero-order chi connectivity index (χ0) is 11.7. The molecule has 1 aromatic carbocycles. The van der Waals surface area contributed by atoms with Gasteiger partial charge in [-0.25, -0.2) is 0 Å². The summed E-state index contributed by atoms with van der Waals surface area (Å²) >= 11 is 13.6. The van der Waals surface area contributed by atoms with Gasteiger partial charge in [0.05, 0.1) is 4.88 Å². The predicted molar refractivity (Wildman–Crippen MR) is 70.8 cm³/mol. The third-order valence-corrected chi connectivity index (χ3v) is 3.72. The normalized spacial score (nSPS) is 10.4. The number of thiophene rings is 1. The summed E-state index contributed by atoms with van der Waals surface area (Å²) in [4.78, 5) is 0.690. The molecule has 16 heavy (non-hydrogen) atoms. The Bertz CT molecular complexity index is 528. The first-order valence-electron chi connectivity index (χ1n) is 4.47. The molecule has 0 aliphatic rings. The molecule has 0 aliphatic carbocycles. The molecule has 2 rings (SSSR count). The van der Waals surface area contributed by atoms with Gasteiger partial charge in [-0.15, -0.1) is 11.3 Å². The fraction of sp³-hybridized carbons (Fsp3) is 0. The molecule has 2 aromatic rings. The Kier molecular flexibility index (Phi) is 3.19. The Labute approximate surface area is 107 Å². The van der Waals surface area contributed by atoms with E-state index in [1.165, 1.54) is 11.3 Å². The molecule has 0 amide bonds. The van der Waals surface area contributed by atoms with E-state index >= 15 is 0 Å². The van der Waals surface area contributed by atoms with Gasteiger partial charge in [0.2, 0.25) is 0 Å². The average molecular weight is 271 g/mol. The molecule has 0 atom stereocenters. The molecule has 5 heteroatoms. The van der Waals surface area contributed by atoms with Gasteiger partial charge in [0, 0.05) is 21.2 Å². The SMILES string of the molecule is N=C(N)c1sccc1-c1c(Cl)cccc1Cl. The molecular formula is C11H8Cl2N2S. The number of hydrogen-bond acceptors (Lipinski definition) is 2. The van der Waals surface area contributed by atoms with Crippen LogP contribution in [-0.4, -0.2) is 5.84 Å². The Balaban J connectivity index is 2.68. The van der Waals surface area contributed by atoms with Crippen LogP contribution in [0.5, 0.6) is 0 Å². The number of hydrogen-bond donors (Lipinski definition) is 2. The van der Waals surface area contributed by atoms with Crippen molar-refractivity contribution in [1.82, 2.24) is 0 Å². The van der Waals surface area contributed by atoms with E-state index in [1.54, 1.807) is 18.2 Å². The van der Waals surface area contributed by atoms with Gasteiger partial charge < -0.3 is 5.73 Å². The molecule has 2 nitrogen and oxygen atoms in total. The van der Waals surface area contributed by atoms with E-state index in [0.29, 0.717) is 14.9 Å². The van der Waals surface area contributed by atoms with Crippen molar-refractivity contribution in [2.45, 2.75) is 0 Å². The molecule has 1 heterocycles. The molecule has 82 valence electrons. The highest BCUT2D eigenvalue weighted by atomic mass is 35.5. The highest BCUT2D eigenvalue weighted by Crippen LogP contribution is 2.38. The molecule has 0 bridgehead atoms. The van der Waals surface area contributed by atoms with Gasteiger partial charge in [0.15, 0.2) is 0 Å². The van der Waals surface area contributed by atoms with Gasteiger partial charge in [-0.3, -0.25) is 5.41 Å². The number of rotatable bonds is 2. The molecule has 0 fully saturated rings. The van der Waals surface area contributed by atoms with E-state index in [0.717, 1.165) is 11.1 Å². The smallest absolute Gasteiger partial charge is 0.133 e. The lowest BCUT2D eigenvalue weighted by molar-refractivity contribution is 1.45. The number of benzene rings is 1. The summed E-state index contributed by atoms with van der Waals surface area (Å²) < 4.78 is 0. The standard InChI is InChI=1S/C11H8Cl2N2S/c12-7-2-1-3-8(13)9(7)6-4-5-16-10(6)11(14)15/h1-5H,(H3,14,15). The van der Waals surface area contributed by atoms with Crippen molar-refractivity contribution in [2.75, 3.05) is 0 Å². The second kappa shape index (κ2) is 4.45. The monoisotopic (exact) mass is 270 g/mol. The van der Waals surface area contributed by atoms with Crippen molar-refractivity contribution < 1.29 is 0 Å². The van der Waals surface area contributed by atoms with Crippen LogP contribution in [0.15, 0.2) is 29.6 Å². The Morgan fingerprint density at radius 3 is 2.38 bits per heavy atom. The molecule has 3 N–H and O–H groups in total. The Hall–Kier alpha value is -1.03. The molecule has 0 radical (unpaired) electrons. The number of halogens is 2. The second-order valence-corrected chi connectivity index (χ2v) is 4.90. The van der Waals surface area contributed by atoms with Crippen molar-refractivity contribution in [1.29, 1.82) is 5.41 Å². The minimum atomic E-state index is 0.0287. The second-order valence-electron chi connectivity index (χ2n) is 3.17. The fourth-order valence-corrected chi connectivity index (χ4v) is 2.84. The predicted octanol–water partition coefficient (Wildman–Crippen LogP) is 4.01.